The van der Waals surface area contributed by atoms with Gasteiger partial charge >= 0.3 is 0 Å². The zero-order valence-corrected chi connectivity index (χ0v) is 12.0. The maximum atomic E-state index is 9.60. The van der Waals surface area contributed by atoms with Crippen LogP contribution in [0.3, 0.4) is 0 Å². The molecular weight excluding hydrogens is 216 g/mol. The smallest absolute Gasteiger partial charge is 0.0602 e. The molecule has 0 heterocycles. The van der Waals surface area contributed by atoms with E-state index in [0.717, 1.165) is 13.0 Å². The van der Waals surface area contributed by atoms with Crippen molar-refractivity contribution in [1.29, 1.82) is 0 Å². The van der Waals surface area contributed by atoms with Crippen molar-refractivity contribution >= 4 is 0 Å². The molecule has 0 aromatic carbocycles. The number of hydrogen-bond donors (Lipinski definition) is 2. The summed E-state index contributed by atoms with van der Waals surface area (Å²) in [4.78, 5) is 2.27. The average molecular weight is 246 g/mol. The molecule has 0 rings (SSSR count). The molecule has 0 aliphatic rings. The van der Waals surface area contributed by atoms with Crippen LogP contribution in [0.5, 0.6) is 0 Å². The van der Waals surface area contributed by atoms with Crippen molar-refractivity contribution in [1.82, 2.24) is 4.90 Å². The second kappa shape index (κ2) is 8.86. The van der Waals surface area contributed by atoms with Crippen molar-refractivity contribution in [3.05, 3.63) is 0 Å². The molecule has 0 bridgehead atoms. The van der Waals surface area contributed by atoms with Gasteiger partial charge in [0.05, 0.1) is 13.2 Å². The highest BCUT2D eigenvalue weighted by molar-refractivity contribution is 4.86. The number of aliphatic hydroxyl groups excluding tert-OH is 1. The number of nitrogens with two attached hydrogens (primary N) is 1. The molecule has 0 aromatic heterocycles. The SMILES string of the molecule is CCC(C)N(CCOC)C(CO)C(N)C(C)C. The summed E-state index contributed by atoms with van der Waals surface area (Å²) in [6.07, 6.45) is 1.05. The number of rotatable bonds is 9. The Morgan fingerprint density at radius 2 is 1.88 bits per heavy atom. The van der Waals surface area contributed by atoms with Gasteiger partial charge in [0.1, 0.15) is 0 Å². The van der Waals surface area contributed by atoms with Crippen LogP contribution in [0.4, 0.5) is 0 Å². The van der Waals surface area contributed by atoms with Crippen LogP contribution in [-0.2, 0) is 4.74 Å². The third-order valence-electron chi connectivity index (χ3n) is 3.54. The first-order valence-corrected chi connectivity index (χ1v) is 6.60. The minimum atomic E-state index is -0.00847. The van der Waals surface area contributed by atoms with Crippen LogP contribution in [0, 0.1) is 5.92 Å². The molecule has 17 heavy (non-hydrogen) atoms. The Kier molecular flexibility index (Phi) is 8.78. The van der Waals surface area contributed by atoms with Crippen LogP contribution in [0.2, 0.25) is 0 Å². The Bertz CT molecular complexity index is 188. The summed E-state index contributed by atoms with van der Waals surface area (Å²) in [6.45, 7) is 10.1. The largest absolute Gasteiger partial charge is 0.395 e. The van der Waals surface area contributed by atoms with Crippen LogP contribution in [0.1, 0.15) is 34.1 Å². The maximum Gasteiger partial charge on any atom is 0.0602 e. The molecule has 104 valence electrons. The van der Waals surface area contributed by atoms with Gasteiger partial charge in [-0.25, -0.2) is 0 Å². The minimum Gasteiger partial charge on any atom is -0.395 e. The molecule has 0 fully saturated rings. The zero-order chi connectivity index (χ0) is 13.4. The molecular formula is C13H30N2O2. The molecule has 4 heteroatoms. The first-order valence-electron chi connectivity index (χ1n) is 6.60. The zero-order valence-electron chi connectivity index (χ0n) is 12.0. The molecule has 0 amide bonds. The van der Waals surface area contributed by atoms with Crippen molar-refractivity contribution < 1.29 is 9.84 Å². The number of aliphatic hydroxyl groups is 1. The molecule has 0 aromatic rings. The van der Waals surface area contributed by atoms with Gasteiger partial charge in [-0.15, -0.1) is 0 Å². The normalized spacial score (nSPS) is 17.5. The Hall–Kier alpha value is -0.160. The molecule has 3 N–H and O–H groups in total. The van der Waals surface area contributed by atoms with Gasteiger partial charge in [0, 0.05) is 31.8 Å². The van der Waals surface area contributed by atoms with Crippen molar-refractivity contribution in [2.75, 3.05) is 26.9 Å². The third kappa shape index (κ3) is 5.34. The third-order valence-corrected chi connectivity index (χ3v) is 3.54. The van der Waals surface area contributed by atoms with Crippen LogP contribution in [-0.4, -0.2) is 55.0 Å². The summed E-state index contributed by atoms with van der Waals surface area (Å²) in [6, 6.07) is 0.415. The first kappa shape index (κ1) is 16.8. The van der Waals surface area contributed by atoms with Crippen LogP contribution >= 0.6 is 0 Å². The predicted molar refractivity (Wildman–Crippen MR) is 72.0 cm³/mol. The van der Waals surface area contributed by atoms with Crippen LogP contribution in [0.25, 0.3) is 0 Å². The highest BCUT2D eigenvalue weighted by Crippen LogP contribution is 2.15. The summed E-state index contributed by atoms with van der Waals surface area (Å²) in [5, 5.41) is 9.60. The maximum absolute atomic E-state index is 9.60. The molecule has 0 aliphatic heterocycles. The fourth-order valence-corrected chi connectivity index (χ4v) is 2.04. The van der Waals surface area contributed by atoms with Gasteiger partial charge in [0.2, 0.25) is 0 Å². The molecule has 0 radical (unpaired) electrons. The molecule has 0 aliphatic carbocycles. The lowest BCUT2D eigenvalue weighted by atomic mass is 9.95. The van der Waals surface area contributed by atoms with E-state index in [-0.39, 0.29) is 18.7 Å². The second-order valence-corrected chi connectivity index (χ2v) is 5.06. The standard InChI is InChI=1S/C13H30N2O2/c1-6-11(4)15(7-8-17-5)12(9-16)13(14)10(2)3/h10-13,16H,6-9,14H2,1-5H3. The number of nitrogens with zero attached hydrogens (tertiary/aromatic N) is 1. The Morgan fingerprint density at radius 1 is 1.29 bits per heavy atom. The quantitative estimate of drug-likeness (QED) is 0.639. The van der Waals surface area contributed by atoms with Crippen molar-refractivity contribution in [2.45, 2.75) is 52.2 Å². The summed E-state index contributed by atoms with van der Waals surface area (Å²) in [7, 11) is 1.70. The first-order chi connectivity index (χ1) is 7.99. The summed E-state index contributed by atoms with van der Waals surface area (Å²) in [5.41, 5.74) is 6.19. The van der Waals surface area contributed by atoms with Gasteiger partial charge in [0.15, 0.2) is 0 Å². The van der Waals surface area contributed by atoms with Crippen LogP contribution < -0.4 is 5.73 Å². The van der Waals surface area contributed by atoms with E-state index in [4.69, 9.17) is 10.5 Å². The number of ether oxygens (including phenoxy) is 1. The number of hydrogen-bond acceptors (Lipinski definition) is 4. The van der Waals surface area contributed by atoms with Gasteiger partial charge in [-0.2, -0.15) is 0 Å². The van der Waals surface area contributed by atoms with Gasteiger partial charge in [-0.1, -0.05) is 20.8 Å². The predicted octanol–water partition coefficient (Wildman–Crippen LogP) is 1.08. The van der Waals surface area contributed by atoms with Gasteiger partial charge in [-0.05, 0) is 19.3 Å². The summed E-state index contributed by atoms with van der Waals surface area (Å²) in [5.74, 6) is 0.362. The highest BCUT2D eigenvalue weighted by atomic mass is 16.5. The van der Waals surface area contributed by atoms with E-state index in [0.29, 0.717) is 18.6 Å². The lowest BCUT2D eigenvalue weighted by molar-refractivity contribution is 0.0384. The molecule has 4 nitrogen and oxygen atoms in total. The van der Waals surface area contributed by atoms with Crippen molar-refractivity contribution in [3.63, 3.8) is 0 Å². The lowest BCUT2D eigenvalue weighted by Crippen LogP contribution is -2.56. The van der Waals surface area contributed by atoms with E-state index in [1.807, 2.05) is 0 Å². The van der Waals surface area contributed by atoms with E-state index < -0.39 is 0 Å². The van der Waals surface area contributed by atoms with E-state index in [1.165, 1.54) is 0 Å². The molecule has 0 saturated carbocycles. The topological polar surface area (TPSA) is 58.7 Å². The van der Waals surface area contributed by atoms with Gasteiger partial charge in [-0.3, -0.25) is 4.90 Å². The minimum absolute atomic E-state index is 0.00847. The van der Waals surface area contributed by atoms with E-state index in [1.54, 1.807) is 7.11 Å². The Morgan fingerprint density at radius 3 is 2.24 bits per heavy atom. The molecule has 0 spiro atoms. The fourth-order valence-electron chi connectivity index (χ4n) is 2.04. The Balaban J connectivity index is 4.70. The van der Waals surface area contributed by atoms with E-state index in [9.17, 15) is 5.11 Å². The highest BCUT2D eigenvalue weighted by Gasteiger charge is 2.28. The van der Waals surface area contributed by atoms with E-state index in [2.05, 4.69) is 32.6 Å². The van der Waals surface area contributed by atoms with Crippen molar-refractivity contribution in [3.8, 4) is 0 Å². The average Bonchev–Trinajstić information content (AvgIpc) is 2.32. The monoisotopic (exact) mass is 246 g/mol. The Labute approximate surface area is 106 Å². The van der Waals surface area contributed by atoms with Gasteiger partial charge in [0.25, 0.3) is 0 Å². The fraction of sp³-hybridized carbons (Fsp3) is 1.00. The molecule has 3 atom stereocenters. The van der Waals surface area contributed by atoms with Gasteiger partial charge < -0.3 is 15.6 Å². The van der Waals surface area contributed by atoms with Crippen molar-refractivity contribution in [2.24, 2.45) is 11.7 Å². The summed E-state index contributed by atoms with van der Waals surface area (Å²) < 4.78 is 5.14. The summed E-state index contributed by atoms with van der Waals surface area (Å²) >= 11 is 0. The van der Waals surface area contributed by atoms with Crippen LogP contribution in [0.15, 0.2) is 0 Å². The second-order valence-electron chi connectivity index (χ2n) is 5.06. The molecule has 3 unspecified atom stereocenters. The number of methoxy groups -OCH3 is 1. The molecule has 0 saturated heterocycles. The lowest BCUT2D eigenvalue weighted by Gasteiger charge is -2.39. The van der Waals surface area contributed by atoms with E-state index >= 15 is 0 Å².